The van der Waals surface area contributed by atoms with Crippen LogP contribution in [0.5, 0.6) is 5.75 Å². The minimum absolute atomic E-state index is 0.0116. The quantitative estimate of drug-likeness (QED) is 0.723. The Labute approximate surface area is 190 Å². The van der Waals surface area contributed by atoms with Crippen LogP contribution in [-0.4, -0.2) is 68.0 Å². The first kappa shape index (κ1) is 22.2. The van der Waals surface area contributed by atoms with E-state index >= 15 is 0 Å². The largest absolute Gasteiger partial charge is 0.497 e. The molecule has 2 amide bonds. The van der Waals surface area contributed by atoms with Crippen LogP contribution in [0.1, 0.15) is 30.4 Å². The second-order valence-electron chi connectivity index (χ2n) is 8.74. The lowest BCUT2D eigenvalue weighted by Gasteiger charge is -2.38. The number of piperazine rings is 1. The summed E-state index contributed by atoms with van der Waals surface area (Å²) >= 11 is 0. The maximum atomic E-state index is 13.6. The Morgan fingerprint density at radius 3 is 2.41 bits per heavy atom. The number of para-hydroxylation sites is 1. The topological polar surface area (TPSA) is 53.1 Å². The molecular weight excluding hydrogens is 402 g/mol. The van der Waals surface area contributed by atoms with Crippen LogP contribution in [0.2, 0.25) is 0 Å². The van der Waals surface area contributed by atoms with E-state index < -0.39 is 0 Å². The predicted molar refractivity (Wildman–Crippen MR) is 126 cm³/mol. The molecule has 2 atom stereocenters. The molecule has 2 aliphatic heterocycles. The van der Waals surface area contributed by atoms with Gasteiger partial charge in [-0.25, -0.2) is 0 Å². The molecule has 2 heterocycles. The minimum Gasteiger partial charge on any atom is -0.497 e. The molecule has 0 aliphatic carbocycles. The summed E-state index contributed by atoms with van der Waals surface area (Å²) in [6.07, 6.45) is 0.459. The Bertz CT molecular complexity index is 968. The van der Waals surface area contributed by atoms with Crippen molar-refractivity contribution in [1.82, 2.24) is 9.80 Å². The fraction of sp³-hybridized carbons (Fsp3) is 0.462. The zero-order valence-corrected chi connectivity index (χ0v) is 19.3. The van der Waals surface area contributed by atoms with Gasteiger partial charge in [-0.2, -0.15) is 0 Å². The van der Waals surface area contributed by atoms with E-state index in [9.17, 15) is 9.59 Å². The zero-order chi connectivity index (χ0) is 22.7. The molecule has 0 aromatic heterocycles. The first-order valence-electron chi connectivity index (χ1n) is 11.5. The molecule has 2 saturated heterocycles. The van der Waals surface area contributed by atoms with Gasteiger partial charge in [-0.05, 0) is 36.2 Å². The summed E-state index contributed by atoms with van der Waals surface area (Å²) in [6.45, 7) is 8.14. The Balaban J connectivity index is 1.50. The monoisotopic (exact) mass is 435 g/mol. The Morgan fingerprint density at radius 2 is 1.72 bits per heavy atom. The lowest BCUT2D eigenvalue weighted by Crippen LogP contribution is -2.51. The molecule has 2 aromatic rings. The number of anilines is 1. The second-order valence-corrected chi connectivity index (χ2v) is 8.74. The van der Waals surface area contributed by atoms with Gasteiger partial charge in [0.05, 0.1) is 13.0 Å². The number of ether oxygens (including phenoxy) is 1. The van der Waals surface area contributed by atoms with Crippen molar-refractivity contribution in [2.24, 2.45) is 5.92 Å². The highest BCUT2D eigenvalue weighted by atomic mass is 16.5. The summed E-state index contributed by atoms with van der Waals surface area (Å²) in [4.78, 5) is 32.3. The minimum atomic E-state index is -0.220. The summed E-state index contributed by atoms with van der Waals surface area (Å²) in [5.74, 6) is 0.817. The highest BCUT2D eigenvalue weighted by molar-refractivity contribution is 5.83. The molecule has 6 heteroatoms. The third-order valence-electron chi connectivity index (χ3n) is 6.86. The van der Waals surface area contributed by atoms with Gasteiger partial charge in [-0.1, -0.05) is 37.3 Å². The van der Waals surface area contributed by atoms with E-state index in [4.69, 9.17) is 4.74 Å². The summed E-state index contributed by atoms with van der Waals surface area (Å²) < 4.78 is 5.40. The third kappa shape index (κ3) is 4.45. The number of carbonyl (C=O) groups excluding carboxylic acids is 2. The molecule has 0 saturated carbocycles. The van der Waals surface area contributed by atoms with Crippen molar-refractivity contribution < 1.29 is 14.3 Å². The van der Waals surface area contributed by atoms with Gasteiger partial charge in [0, 0.05) is 57.3 Å². The van der Waals surface area contributed by atoms with Crippen molar-refractivity contribution in [3.8, 4) is 5.75 Å². The smallest absolute Gasteiger partial charge is 0.228 e. The molecule has 0 N–H and O–H groups in total. The van der Waals surface area contributed by atoms with E-state index in [1.54, 1.807) is 7.11 Å². The lowest BCUT2D eigenvalue weighted by atomic mass is 9.87. The Kier molecular flexibility index (Phi) is 6.68. The van der Waals surface area contributed by atoms with Crippen LogP contribution in [0.25, 0.3) is 0 Å². The third-order valence-corrected chi connectivity index (χ3v) is 6.86. The van der Waals surface area contributed by atoms with Crippen LogP contribution in [0.4, 0.5) is 5.69 Å². The molecule has 0 bridgehead atoms. The average molecular weight is 436 g/mol. The van der Waals surface area contributed by atoms with Gasteiger partial charge >= 0.3 is 0 Å². The van der Waals surface area contributed by atoms with Crippen LogP contribution >= 0.6 is 0 Å². The number of hydrogen-bond donors (Lipinski definition) is 0. The SMILES string of the molecule is CCC(=O)N1CC(C(=O)N2CCN(c3ccccc3C)CC2)C(c2cccc(OC)c2)C1. The first-order chi connectivity index (χ1) is 15.5. The fourth-order valence-corrected chi connectivity index (χ4v) is 5.01. The lowest BCUT2D eigenvalue weighted by molar-refractivity contribution is -0.136. The molecule has 4 rings (SSSR count). The molecule has 0 spiro atoms. The van der Waals surface area contributed by atoms with E-state index in [-0.39, 0.29) is 23.7 Å². The van der Waals surface area contributed by atoms with Crippen molar-refractivity contribution in [2.75, 3.05) is 51.3 Å². The number of rotatable bonds is 5. The molecule has 2 aromatic carbocycles. The average Bonchev–Trinajstić information content (AvgIpc) is 3.29. The first-order valence-corrected chi connectivity index (χ1v) is 11.5. The number of aryl methyl sites for hydroxylation is 1. The van der Waals surface area contributed by atoms with Crippen LogP contribution in [0, 0.1) is 12.8 Å². The summed E-state index contributed by atoms with van der Waals surface area (Å²) in [5.41, 5.74) is 3.57. The van der Waals surface area contributed by atoms with E-state index in [0.29, 0.717) is 32.6 Å². The van der Waals surface area contributed by atoms with E-state index in [1.165, 1.54) is 11.3 Å². The van der Waals surface area contributed by atoms with Gasteiger partial charge < -0.3 is 19.4 Å². The van der Waals surface area contributed by atoms with Gasteiger partial charge in [-0.3, -0.25) is 9.59 Å². The van der Waals surface area contributed by atoms with Gasteiger partial charge in [0.1, 0.15) is 5.75 Å². The molecular formula is C26H33N3O3. The van der Waals surface area contributed by atoms with E-state index in [2.05, 4.69) is 36.1 Å². The Hall–Kier alpha value is -3.02. The van der Waals surface area contributed by atoms with Crippen molar-refractivity contribution in [3.05, 3.63) is 59.7 Å². The number of hydrogen-bond acceptors (Lipinski definition) is 4. The summed E-state index contributed by atoms with van der Waals surface area (Å²) in [6, 6.07) is 16.3. The van der Waals surface area contributed by atoms with Gasteiger partial charge in [0.2, 0.25) is 11.8 Å². The van der Waals surface area contributed by atoms with Crippen LogP contribution in [-0.2, 0) is 9.59 Å². The summed E-state index contributed by atoms with van der Waals surface area (Å²) in [7, 11) is 1.65. The number of nitrogens with zero attached hydrogens (tertiary/aromatic N) is 3. The predicted octanol–water partition coefficient (Wildman–Crippen LogP) is 3.30. The van der Waals surface area contributed by atoms with Crippen molar-refractivity contribution in [2.45, 2.75) is 26.2 Å². The molecule has 2 aliphatic rings. The highest BCUT2D eigenvalue weighted by Gasteiger charge is 2.42. The van der Waals surface area contributed by atoms with Gasteiger partial charge in [0.25, 0.3) is 0 Å². The van der Waals surface area contributed by atoms with Crippen LogP contribution in [0.3, 0.4) is 0 Å². The van der Waals surface area contributed by atoms with Gasteiger partial charge in [-0.15, -0.1) is 0 Å². The Morgan fingerprint density at radius 1 is 0.969 bits per heavy atom. The number of methoxy groups -OCH3 is 1. The van der Waals surface area contributed by atoms with E-state index in [1.807, 2.05) is 41.0 Å². The highest BCUT2D eigenvalue weighted by Crippen LogP contribution is 2.36. The van der Waals surface area contributed by atoms with Crippen LogP contribution in [0.15, 0.2) is 48.5 Å². The van der Waals surface area contributed by atoms with Crippen LogP contribution < -0.4 is 9.64 Å². The van der Waals surface area contributed by atoms with Crippen molar-refractivity contribution in [3.63, 3.8) is 0 Å². The molecule has 2 fully saturated rings. The maximum Gasteiger partial charge on any atom is 0.228 e. The standard InChI is InChI=1S/C26H33N3O3/c1-4-25(30)29-17-22(20-9-7-10-21(16-20)32-3)23(18-29)26(31)28-14-12-27(13-15-28)24-11-6-5-8-19(24)2/h5-11,16,22-23H,4,12-15,17-18H2,1-3H3. The molecule has 6 nitrogen and oxygen atoms in total. The number of carbonyl (C=O) groups is 2. The molecule has 32 heavy (non-hydrogen) atoms. The molecule has 0 radical (unpaired) electrons. The number of likely N-dealkylation sites (tertiary alicyclic amines) is 1. The van der Waals surface area contributed by atoms with Crippen molar-refractivity contribution in [1.29, 1.82) is 0 Å². The maximum absolute atomic E-state index is 13.6. The molecule has 2 unspecified atom stereocenters. The number of amides is 2. The van der Waals surface area contributed by atoms with Gasteiger partial charge in [0.15, 0.2) is 0 Å². The van der Waals surface area contributed by atoms with Crippen molar-refractivity contribution >= 4 is 17.5 Å². The molecule has 170 valence electrons. The normalized spacial score (nSPS) is 21.0. The number of benzene rings is 2. The van der Waals surface area contributed by atoms with E-state index in [0.717, 1.165) is 24.4 Å². The fourth-order valence-electron chi connectivity index (χ4n) is 5.01. The zero-order valence-electron chi connectivity index (χ0n) is 19.3. The summed E-state index contributed by atoms with van der Waals surface area (Å²) in [5, 5.41) is 0. The second kappa shape index (κ2) is 9.63.